The number of carbonyl (C=O) groups excluding carboxylic acids is 1. The van der Waals surface area contributed by atoms with E-state index in [0.717, 1.165) is 0 Å². The van der Waals surface area contributed by atoms with Gasteiger partial charge in [0.25, 0.3) is 0 Å². The van der Waals surface area contributed by atoms with Crippen molar-refractivity contribution in [1.82, 2.24) is 0 Å². The Bertz CT molecular complexity index is 226. The summed E-state index contributed by atoms with van der Waals surface area (Å²) in [6, 6.07) is 0. The third kappa shape index (κ3) is 2.32. The molecule has 3 heteroatoms. The van der Waals surface area contributed by atoms with Crippen LogP contribution in [0.25, 0.3) is 0 Å². The van der Waals surface area contributed by atoms with Crippen LogP contribution in [0.15, 0.2) is 22.8 Å². The van der Waals surface area contributed by atoms with Crippen LogP contribution in [0.5, 0.6) is 0 Å². The van der Waals surface area contributed by atoms with E-state index in [1.807, 2.05) is 21.8 Å². The second-order valence-electron chi connectivity index (χ2n) is 1.78. The van der Waals surface area contributed by atoms with E-state index in [4.69, 9.17) is 4.74 Å². The number of rotatable bonds is 1. The molecular weight excluding hydrogens is 191 g/mol. The second-order valence-corrected chi connectivity index (χ2v) is 3.65. The van der Waals surface area contributed by atoms with E-state index in [0.29, 0.717) is 5.76 Å². The number of esters is 1. The number of ether oxygens (including phenoxy) is 1. The predicted molar refractivity (Wildman–Crippen MR) is 40.8 cm³/mol. The van der Waals surface area contributed by atoms with Crippen molar-refractivity contribution >= 4 is 26.1 Å². The van der Waals surface area contributed by atoms with Gasteiger partial charge in [-0.15, -0.1) is 0 Å². The molecule has 0 aromatic rings. The molecule has 0 saturated carbocycles. The average Bonchev–Trinajstić information content (AvgIpc) is 1.88. The molecule has 0 bridgehead atoms. The van der Waals surface area contributed by atoms with Crippen LogP contribution >= 0.6 is 0 Å². The Hall–Kier alpha value is -0.622. The quantitative estimate of drug-likeness (QED) is 0.452. The molecule has 2 nitrogen and oxygen atoms in total. The zero-order valence-corrected chi connectivity index (χ0v) is 7.45. The topological polar surface area (TPSA) is 26.3 Å². The zero-order chi connectivity index (χ0) is 7.40. The Morgan fingerprint density at radius 2 is 2.50 bits per heavy atom. The molecule has 10 heavy (non-hydrogen) atoms. The van der Waals surface area contributed by atoms with E-state index >= 15 is 0 Å². The molecular formula is C7H7AsO2. The van der Waals surface area contributed by atoms with E-state index in [-0.39, 0.29) is 21.3 Å². The van der Waals surface area contributed by atoms with Crippen molar-refractivity contribution in [3.63, 3.8) is 0 Å². The van der Waals surface area contributed by atoms with Crippen LogP contribution in [0.4, 0.5) is 0 Å². The minimum atomic E-state index is -0.262. The van der Waals surface area contributed by atoms with Gasteiger partial charge in [0.1, 0.15) is 0 Å². The summed E-state index contributed by atoms with van der Waals surface area (Å²) in [7, 11) is 0. The van der Waals surface area contributed by atoms with Crippen LogP contribution in [0.3, 0.4) is 0 Å². The van der Waals surface area contributed by atoms with E-state index < -0.39 is 0 Å². The number of hydrogen-bond donors (Lipinski definition) is 0. The van der Waals surface area contributed by atoms with E-state index in [1.165, 1.54) is 6.92 Å². The van der Waals surface area contributed by atoms with Crippen molar-refractivity contribution in [2.45, 2.75) is 6.92 Å². The summed E-state index contributed by atoms with van der Waals surface area (Å²) in [4.78, 5) is 14.5. The van der Waals surface area contributed by atoms with Gasteiger partial charge in [0.15, 0.2) is 0 Å². The SMILES string of the molecule is CC(=O)OC1=CC=[As]C=C1. The van der Waals surface area contributed by atoms with Gasteiger partial charge in [0.2, 0.25) is 0 Å². The van der Waals surface area contributed by atoms with E-state index in [2.05, 4.69) is 0 Å². The molecule has 52 valence electrons. The maximum atomic E-state index is 10.4. The Morgan fingerprint density at radius 3 is 3.00 bits per heavy atom. The summed E-state index contributed by atoms with van der Waals surface area (Å²) in [6.07, 6.45) is 3.67. The summed E-state index contributed by atoms with van der Waals surface area (Å²) in [5, 5.41) is 0. The zero-order valence-electron chi connectivity index (χ0n) is 5.57. The summed E-state index contributed by atoms with van der Waals surface area (Å²) in [6.45, 7) is 1.40. The third-order valence-electron chi connectivity index (χ3n) is 0.911. The van der Waals surface area contributed by atoms with Crippen LogP contribution in [0, 0.1) is 0 Å². The van der Waals surface area contributed by atoms with Crippen molar-refractivity contribution in [2.24, 2.45) is 0 Å². The Kier molecular flexibility index (Phi) is 2.64. The van der Waals surface area contributed by atoms with Crippen molar-refractivity contribution in [3.8, 4) is 0 Å². The second kappa shape index (κ2) is 3.52. The normalized spacial score (nSPS) is 16.3. The number of carbonyl (C=O) groups is 1. The predicted octanol–water partition coefficient (Wildman–Crippen LogP) is 0.467. The Labute approximate surface area is 65.8 Å². The van der Waals surface area contributed by atoms with Crippen molar-refractivity contribution < 1.29 is 9.53 Å². The summed E-state index contributed by atoms with van der Waals surface area (Å²) in [5.41, 5.74) is 0. The van der Waals surface area contributed by atoms with E-state index in [1.54, 1.807) is 0 Å². The first-order chi connectivity index (χ1) is 4.79. The summed E-state index contributed by atoms with van der Waals surface area (Å²) < 4.78 is 4.81. The minimum absolute atomic E-state index is 0.211. The fourth-order valence-electron chi connectivity index (χ4n) is 0.572. The van der Waals surface area contributed by atoms with Gasteiger partial charge in [0, 0.05) is 0 Å². The Balaban J connectivity index is 2.58. The molecule has 0 N–H and O–H groups in total. The van der Waals surface area contributed by atoms with E-state index in [9.17, 15) is 4.79 Å². The van der Waals surface area contributed by atoms with Gasteiger partial charge in [-0.2, -0.15) is 0 Å². The van der Waals surface area contributed by atoms with Crippen LogP contribution in [0.2, 0.25) is 0 Å². The molecule has 1 aliphatic heterocycles. The number of hydrogen-bond acceptors (Lipinski definition) is 2. The fraction of sp³-hybridized carbons (Fsp3) is 0.143. The van der Waals surface area contributed by atoms with Gasteiger partial charge >= 0.3 is 65.3 Å². The molecule has 0 unspecified atom stereocenters. The van der Waals surface area contributed by atoms with Crippen LogP contribution in [0.1, 0.15) is 6.92 Å². The monoisotopic (exact) mass is 198 g/mol. The molecule has 0 aliphatic carbocycles. The standard InChI is InChI=1S/C7H7AsO2/c1-6(9)10-7-2-4-8-5-3-7/h2-5H,1H3. The molecule has 0 amide bonds. The molecule has 1 aliphatic rings. The van der Waals surface area contributed by atoms with Crippen molar-refractivity contribution in [1.29, 1.82) is 0 Å². The molecule has 0 radical (unpaired) electrons. The number of allylic oxidation sites excluding steroid dienone is 2. The van der Waals surface area contributed by atoms with Gasteiger partial charge in [-0.1, -0.05) is 0 Å². The average molecular weight is 198 g/mol. The van der Waals surface area contributed by atoms with Gasteiger partial charge in [-0.25, -0.2) is 0 Å². The third-order valence-corrected chi connectivity index (χ3v) is 2.26. The van der Waals surface area contributed by atoms with Crippen LogP contribution in [-0.2, 0) is 9.53 Å². The first-order valence-electron chi connectivity index (χ1n) is 2.87. The molecule has 0 saturated heterocycles. The maximum absolute atomic E-state index is 10.4. The van der Waals surface area contributed by atoms with Crippen LogP contribution < -0.4 is 0 Å². The summed E-state index contributed by atoms with van der Waals surface area (Å²) in [5.74, 6) is 0.386. The van der Waals surface area contributed by atoms with Gasteiger partial charge in [-0.3, -0.25) is 0 Å². The van der Waals surface area contributed by atoms with Crippen molar-refractivity contribution in [2.75, 3.05) is 0 Å². The molecule has 0 aromatic carbocycles. The molecule has 0 atom stereocenters. The molecule has 1 rings (SSSR count). The van der Waals surface area contributed by atoms with Gasteiger partial charge < -0.3 is 0 Å². The molecule has 0 aromatic heterocycles. The van der Waals surface area contributed by atoms with Gasteiger partial charge in [-0.05, 0) is 0 Å². The molecule has 1 heterocycles. The van der Waals surface area contributed by atoms with Crippen LogP contribution in [-0.4, -0.2) is 26.1 Å². The molecule has 0 fully saturated rings. The fourth-order valence-corrected chi connectivity index (χ4v) is 1.76. The first kappa shape index (κ1) is 7.49. The first-order valence-corrected chi connectivity index (χ1v) is 5.04. The Morgan fingerprint density at radius 1 is 1.70 bits per heavy atom. The molecule has 0 spiro atoms. The van der Waals surface area contributed by atoms with Gasteiger partial charge in [0.05, 0.1) is 0 Å². The summed E-state index contributed by atoms with van der Waals surface area (Å²) >= 11 is 0.211. The van der Waals surface area contributed by atoms with Crippen molar-refractivity contribution in [3.05, 3.63) is 22.8 Å².